The highest BCUT2D eigenvalue weighted by molar-refractivity contribution is 6.05. The number of Topliss-reactive ketones (excluding diaryl/α,β-unsaturated/α-hetero) is 1. The molecule has 4 rings (SSSR count). The van der Waals surface area contributed by atoms with Gasteiger partial charge in [-0.25, -0.2) is 4.39 Å². The second kappa shape index (κ2) is 6.79. The van der Waals surface area contributed by atoms with Crippen molar-refractivity contribution in [2.75, 3.05) is 7.11 Å². The summed E-state index contributed by atoms with van der Waals surface area (Å²) in [7, 11) is 1.70. The number of ether oxygens (including phenoxy) is 2. The molecule has 27 heavy (non-hydrogen) atoms. The number of methoxy groups -OCH3 is 1. The molecule has 5 heteroatoms. The van der Waals surface area contributed by atoms with Gasteiger partial charge in [-0.15, -0.1) is 0 Å². The van der Waals surface area contributed by atoms with Crippen molar-refractivity contribution in [3.8, 4) is 17.6 Å². The lowest BCUT2D eigenvalue weighted by Gasteiger charge is -2.35. The van der Waals surface area contributed by atoms with Crippen LogP contribution in [0.5, 0.6) is 11.5 Å². The van der Waals surface area contributed by atoms with Gasteiger partial charge in [0.1, 0.15) is 5.75 Å². The third kappa shape index (κ3) is 3.11. The first-order valence-electron chi connectivity index (χ1n) is 9.13. The van der Waals surface area contributed by atoms with Crippen LogP contribution in [0.4, 0.5) is 4.39 Å². The van der Waals surface area contributed by atoms with Crippen LogP contribution in [-0.4, -0.2) is 19.0 Å². The van der Waals surface area contributed by atoms with Crippen LogP contribution in [0.25, 0.3) is 0 Å². The predicted octanol–water partition coefficient (Wildman–Crippen LogP) is 4.80. The molecule has 1 spiro atoms. The molecule has 0 atom stereocenters. The van der Waals surface area contributed by atoms with Crippen molar-refractivity contribution < 1.29 is 18.7 Å². The minimum absolute atomic E-state index is 0.0137. The number of hydrogen-bond donors (Lipinski definition) is 0. The highest BCUT2D eigenvalue weighted by atomic mass is 19.1. The van der Waals surface area contributed by atoms with Gasteiger partial charge >= 0.3 is 0 Å². The summed E-state index contributed by atoms with van der Waals surface area (Å²) in [5.41, 5.74) is 1.31. The van der Waals surface area contributed by atoms with Crippen molar-refractivity contribution in [1.82, 2.24) is 0 Å². The third-order valence-corrected chi connectivity index (χ3v) is 5.83. The average molecular weight is 365 g/mol. The van der Waals surface area contributed by atoms with E-state index in [0.717, 1.165) is 31.2 Å². The summed E-state index contributed by atoms with van der Waals surface area (Å²) in [4.78, 5) is 13.1. The average Bonchev–Trinajstić information content (AvgIpc) is 2.94. The van der Waals surface area contributed by atoms with E-state index in [4.69, 9.17) is 14.7 Å². The second-order valence-corrected chi connectivity index (χ2v) is 7.40. The van der Waals surface area contributed by atoms with Gasteiger partial charge in [0.05, 0.1) is 17.7 Å². The van der Waals surface area contributed by atoms with Crippen LogP contribution in [0.2, 0.25) is 0 Å². The lowest BCUT2D eigenvalue weighted by molar-refractivity contribution is 0.0285. The number of benzene rings is 2. The van der Waals surface area contributed by atoms with Gasteiger partial charge in [-0.3, -0.25) is 4.79 Å². The maximum atomic E-state index is 14.6. The summed E-state index contributed by atoms with van der Waals surface area (Å²) < 4.78 is 25.6. The van der Waals surface area contributed by atoms with Gasteiger partial charge in [0.25, 0.3) is 0 Å². The summed E-state index contributed by atoms with van der Waals surface area (Å²) in [6, 6.07) is 11.5. The molecule has 4 nitrogen and oxygen atoms in total. The van der Waals surface area contributed by atoms with Crippen LogP contribution >= 0.6 is 0 Å². The van der Waals surface area contributed by atoms with E-state index in [0.29, 0.717) is 23.3 Å². The standard InChI is InChI=1S/C22H20FNO3/c1-26-16-5-7-22(8-6-16)12-15-10-19(23)20(11-18(15)21(22)25)27-17-4-2-3-14(9-17)13-24/h2-4,9-11,16H,5-8,12H2,1H3/t16-,22-. The normalized spacial score (nSPS) is 23.9. The molecule has 0 radical (unpaired) electrons. The minimum Gasteiger partial charge on any atom is -0.454 e. The fourth-order valence-corrected chi connectivity index (χ4v) is 4.30. The zero-order valence-electron chi connectivity index (χ0n) is 15.1. The molecule has 0 aliphatic heterocycles. The molecule has 0 saturated heterocycles. The van der Waals surface area contributed by atoms with Crippen molar-refractivity contribution >= 4 is 5.78 Å². The lowest BCUT2D eigenvalue weighted by Crippen LogP contribution is -2.35. The van der Waals surface area contributed by atoms with Crippen molar-refractivity contribution in [3.63, 3.8) is 0 Å². The third-order valence-electron chi connectivity index (χ3n) is 5.83. The molecule has 0 aromatic heterocycles. The van der Waals surface area contributed by atoms with Gasteiger partial charge in [0, 0.05) is 18.1 Å². The molecule has 2 aromatic rings. The van der Waals surface area contributed by atoms with Gasteiger partial charge in [-0.1, -0.05) is 6.07 Å². The summed E-state index contributed by atoms with van der Waals surface area (Å²) >= 11 is 0. The molecule has 138 valence electrons. The zero-order chi connectivity index (χ0) is 19.0. The second-order valence-electron chi connectivity index (χ2n) is 7.40. The number of fused-ring (bicyclic) bond motifs is 1. The van der Waals surface area contributed by atoms with Crippen molar-refractivity contribution in [2.24, 2.45) is 5.41 Å². The molecule has 0 heterocycles. The Kier molecular flexibility index (Phi) is 4.45. The van der Waals surface area contributed by atoms with Crippen LogP contribution in [0, 0.1) is 22.6 Å². The van der Waals surface area contributed by atoms with E-state index in [1.807, 2.05) is 6.07 Å². The SMILES string of the molecule is CO[C@H]1CC[C@]2(CC1)Cc1cc(F)c(Oc3cccc(C#N)c3)cc1C2=O. The number of halogens is 1. The molecule has 1 fully saturated rings. The molecule has 0 amide bonds. The van der Waals surface area contributed by atoms with E-state index in [2.05, 4.69) is 0 Å². The van der Waals surface area contributed by atoms with Gasteiger partial charge in [0.15, 0.2) is 17.3 Å². The fraction of sp³-hybridized carbons (Fsp3) is 0.364. The Balaban J connectivity index is 1.61. The van der Waals surface area contributed by atoms with E-state index in [1.54, 1.807) is 31.4 Å². The van der Waals surface area contributed by atoms with Crippen molar-refractivity contribution in [3.05, 3.63) is 58.9 Å². The van der Waals surface area contributed by atoms with Gasteiger partial charge in [-0.05, 0) is 68.0 Å². The molecule has 2 aliphatic rings. The van der Waals surface area contributed by atoms with Crippen molar-refractivity contribution in [2.45, 2.75) is 38.2 Å². The number of nitrogens with zero attached hydrogens (tertiary/aromatic N) is 1. The largest absolute Gasteiger partial charge is 0.454 e. The summed E-state index contributed by atoms with van der Waals surface area (Å²) in [5.74, 6) is -0.0253. The topological polar surface area (TPSA) is 59.3 Å². The Labute approximate surface area is 157 Å². The van der Waals surface area contributed by atoms with Crippen molar-refractivity contribution in [1.29, 1.82) is 5.26 Å². The minimum atomic E-state index is -0.494. The summed E-state index contributed by atoms with van der Waals surface area (Å²) in [6.45, 7) is 0. The molecular formula is C22H20FNO3. The number of rotatable bonds is 3. The Morgan fingerprint density at radius 3 is 2.70 bits per heavy atom. The quantitative estimate of drug-likeness (QED) is 0.784. The van der Waals surface area contributed by atoms with E-state index in [9.17, 15) is 9.18 Å². The van der Waals surface area contributed by atoms with Crippen LogP contribution in [-0.2, 0) is 11.2 Å². The maximum absolute atomic E-state index is 14.6. The molecule has 0 bridgehead atoms. The molecular weight excluding hydrogens is 345 g/mol. The monoisotopic (exact) mass is 365 g/mol. The summed E-state index contributed by atoms with van der Waals surface area (Å²) in [5, 5.41) is 8.99. The first-order chi connectivity index (χ1) is 13.0. The predicted molar refractivity (Wildman–Crippen MR) is 97.4 cm³/mol. The van der Waals surface area contributed by atoms with Crippen LogP contribution in [0.1, 0.15) is 47.2 Å². The fourth-order valence-electron chi connectivity index (χ4n) is 4.30. The van der Waals surface area contributed by atoms with Crippen LogP contribution in [0.15, 0.2) is 36.4 Å². The number of hydrogen-bond acceptors (Lipinski definition) is 4. The van der Waals surface area contributed by atoms with Crippen LogP contribution < -0.4 is 4.74 Å². The molecule has 0 unspecified atom stereocenters. The Morgan fingerprint density at radius 2 is 2.00 bits per heavy atom. The highest BCUT2D eigenvalue weighted by Crippen LogP contribution is 2.48. The molecule has 2 aliphatic carbocycles. The maximum Gasteiger partial charge on any atom is 0.169 e. The number of ketones is 1. The van der Waals surface area contributed by atoms with E-state index >= 15 is 0 Å². The van der Waals surface area contributed by atoms with Gasteiger partial charge < -0.3 is 9.47 Å². The Morgan fingerprint density at radius 1 is 1.22 bits per heavy atom. The summed E-state index contributed by atoms with van der Waals surface area (Å²) in [6.07, 6.45) is 4.02. The number of carbonyl (C=O) groups is 1. The zero-order valence-corrected chi connectivity index (χ0v) is 15.1. The Bertz CT molecular complexity index is 939. The van der Waals surface area contributed by atoms with Crippen LogP contribution in [0.3, 0.4) is 0 Å². The smallest absolute Gasteiger partial charge is 0.169 e. The van der Waals surface area contributed by atoms with Gasteiger partial charge in [0.2, 0.25) is 0 Å². The molecule has 2 aromatic carbocycles. The Hall–Kier alpha value is -2.71. The van der Waals surface area contributed by atoms with E-state index < -0.39 is 11.2 Å². The van der Waals surface area contributed by atoms with Gasteiger partial charge in [-0.2, -0.15) is 5.26 Å². The molecule has 0 N–H and O–H groups in total. The van der Waals surface area contributed by atoms with E-state index in [1.165, 1.54) is 12.1 Å². The first-order valence-corrected chi connectivity index (χ1v) is 9.13. The number of nitriles is 1. The number of carbonyl (C=O) groups excluding carboxylic acids is 1. The molecule has 1 saturated carbocycles. The van der Waals surface area contributed by atoms with E-state index in [-0.39, 0.29) is 17.6 Å². The highest BCUT2D eigenvalue weighted by Gasteiger charge is 2.47. The first kappa shape index (κ1) is 17.7. The lowest BCUT2D eigenvalue weighted by atomic mass is 9.70.